The Kier molecular flexibility index (Phi) is 2.53. The fourth-order valence-corrected chi connectivity index (χ4v) is 2.55. The van der Waals surface area contributed by atoms with Crippen molar-refractivity contribution in [2.75, 3.05) is 5.32 Å². The molecule has 0 saturated heterocycles. The molecule has 4 nitrogen and oxygen atoms in total. The predicted molar refractivity (Wildman–Crippen MR) is 70.2 cm³/mol. The highest BCUT2D eigenvalue weighted by Crippen LogP contribution is 2.24. The van der Waals surface area contributed by atoms with Gasteiger partial charge in [-0.3, -0.25) is 10.1 Å². The first kappa shape index (κ1) is 10.3. The molecule has 0 aliphatic rings. The van der Waals surface area contributed by atoms with Crippen LogP contribution in [-0.4, -0.2) is 15.2 Å². The van der Waals surface area contributed by atoms with E-state index in [0.29, 0.717) is 0 Å². The van der Waals surface area contributed by atoms with E-state index in [9.17, 15) is 0 Å². The van der Waals surface area contributed by atoms with Gasteiger partial charge in [0.05, 0.1) is 28.1 Å². The molecule has 0 bridgehead atoms. The Morgan fingerprint density at radius 2 is 2.35 bits per heavy atom. The van der Waals surface area contributed by atoms with Gasteiger partial charge in [0.1, 0.15) is 0 Å². The van der Waals surface area contributed by atoms with E-state index in [4.69, 9.17) is 0 Å². The van der Waals surface area contributed by atoms with Crippen molar-refractivity contribution in [1.82, 2.24) is 15.2 Å². The molecular weight excluding hydrogens is 232 g/mol. The van der Waals surface area contributed by atoms with Crippen LogP contribution in [0.3, 0.4) is 0 Å². The van der Waals surface area contributed by atoms with E-state index in [-0.39, 0.29) is 6.04 Å². The van der Waals surface area contributed by atoms with Crippen LogP contribution >= 0.6 is 11.3 Å². The number of nitrogens with one attached hydrogen (secondary N) is 2. The molecule has 0 spiro atoms. The number of nitrogens with zero attached hydrogens (tertiary/aromatic N) is 2. The van der Waals surface area contributed by atoms with E-state index in [1.807, 2.05) is 18.5 Å². The van der Waals surface area contributed by atoms with Crippen molar-refractivity contribution in [1.29, 1.82) is 0 Å². The Balaban J connectivity index is 1.87. The summed E-state index contributed by atoms with van der Waals surface area (Å²) < 4.78 is 1.23. The second-order valence-electron chi connectivity index (χ2n) is 3.93. The molecule has 0 aromatic carbocycles. The number of thiophene rings is 1. The van der Waals surface area contributed by atoms with Crippen LogP contribution in [0.5, 0.6) is 0 Å². The third-order valence-electron chi connectivity index (χ3n) is 2.71. The minimum atomic E-state index is 0.214. The molecular formula is C12H12N4S. The molecule has 2 N–H and O–H groups in total. The lowest BCUT2D eigenvalue weighted by atomic mass is 10.1. The Labute approximate surface area is 103 Å². The molecule has 0 amide bonds. The predicted octanol–water partition coefficient (Wildman–Crippen LogP) is 3.19. The standard InChI is InChI=1S/C12H12N4S/c1-8(16-10-6-14-15-7-10)9-4-12-11(13-5-9)2-3-17-12/h2-8,16H,1H3,(H,14,15). The first-order chi connectivity index (χ1) is 8.33. The van der Waals surface area contributed by atoms with Crippen LogP contribution in [0.25, 0.3) is 10.2 Å². The smallest absolute Gasteiger partial charge is 0.0809 e. The van der Waals surface area contributed by atoms with E-state index in [1.165, 1.54) is 10.3 Å². The van der Waals surface area contributed by atoms with Gasteiger partial charge in [-0.25, -0.2) is 0 Å². The summed E-state index contributed by atoms with van der Waals surface area (Å²) in [5.41, 5.74) is 3.24. The van der Waals surface area contributed by atoms with Crippen molar-refractivity contribution >= 4 is 27.2 Å². The molecule has 3 aromatic heterocycles. The van der Waals surface area contributed by atoms with E-state index in [2.05, 4.69) is 38.9 Å². The molecule has 3 rings (SSSR count). The summed E-state index contributed by atoms with van der Waals surface area (Å²) in [6, 6.07) is 4.44. The first-order valence-corrected chi connectivity index (χ1v) is 6.29. The zero-order chi connectivity index (χ0) is 11.7. The molecule has 0 fully saturated rings. The summed E-state index contributed by atoms with van der Waals surface area (Å²) in [5, 5.41) is 12.1. The normalized spacial score (nSPS) is 12.8. The lowest BCUT2D eigenvalue weighted by molar-refractivity contribution is 0.880. The van der Waals surface area contributed by atoms with Gasteiger partial charge in [0, 0.05) is 12.4 Å². The fraction of sp³-hybridized carbons (Fsp3) is 0.167. The van der Waals surface area contributed by atoms with Crippen LogP contribution in [0.1, 0.15) is 18.5 Å². The van der Waals surface area contributed by atoms with Crippen LogP contribution in [0, 0.1) is 0 Å². The average molecular weight is 244 g/mol. The molecule has 0 saturated carbocycles. The van der Waals surface area contributed by atoms with Crippen molar-refractivity contribution < 1.29 is 0 Å². The number of pyridine rings is 1. The first-order valence-electron chi connectivity index (χ1n) is 5.41. The van der Waals surface area contributed by atoms with Crippen LogP contribution in [-0.2, 0) is 0 Å². The maximum Gasteiger partial charge on any atom is 0.0809 e. The molecule has 0 aliphatic carbocycles. The highest BCUT2D eigenvalue weighted by Gasteiger charge is 2.07. The van der Waals surface area contributed by atoms with Gasteiger partial charge < -0.3 is 5.32 Å². The van der Waals surface area contributed by atoms with Gasteiger partial charge in [-0.05, 0) is 30.0 Å². The zero-order valence-electron chi connectivity index (χ0n) is 9.34. The molecule has 1 atom stereocenters. The van der Waals surface area contributed by atoms with E-state index < -0.39 is 0 Å². The number of fused-ring (bicyclic) bond motifs is 1. The number of aromatic amines is 1. The van der Waals surface area contributed by atoms with Crippen LogP contribution in [0.4, 0.5) is 5.69 Å². The molecule has 3 aromatic rings. The van der Waals surface area contributed by atoms with Gasteiger partial charge in [0.25, 0.3) is 0 Å². The Morgan fingerprint density at radius 3 is 3.18 bits per heavy atom. The summed E-state index contributed by atoms with van der Waals surface area (Å²) in [6.45, 7) is 2.11. The number of anilines is 1. The van der Waals surface area contributed by atoms with E-state index in [1.54, 1.807) is 17.5 Å². The van der Waals surface area contributed by atoms with Crippen molar-refractivity contribution in [3.63, 3.8) is 0 Å². The van der Waals surface area contributed by atoms with Gasteiger partial charge >= 0.3 is 0 Å². The van der Waals surface area contributed by atoms with E-state index in [0.717, 1.165) is 11.2 Å². The van der Waals surface area contributed by atoms with Crippen LogP contribution < -0.4 is 5.32 Å². The minimum absolute atomic E-state index is 0.214. The van der Waals surface area contributed by atoms with Gasteiger partial charge in [0.15, 0.2) is 0 Å². The lowest BCUT2D eigenvalue weighted by Gasteiger charge is -2.13. The number of aromatic nitrogens is 3. The molecule has 3 heterocycles. The summed E-state index contributed by atoms with van der Waals surface area (Å²) in [4.78, 5) is 4.44. The Hall–Kier alpha value is -1.88. The third kappa shape index (κ3) is 2.01. The highest BCUT2D eigenvalue weighted by molar-refractivity contribution is 7.17. The molecule has 5 heteroatoms. The Morgan fingerprint density at radius 1 is 1.41 bits per heavy atom. The van der Waals surface area contributed by atoms with Crippen molar-refractivity contribution in [3.8, 4) is 0 Å². The van der Waals surface area contributed by atoms with E-state index >= 15 is 0 Å². The number of H-pyrrole nitrogens is 1. The number of hydrogen-bond donors (Lipinski definition) is 2. The molecule has 0 radical (unpaired) electrons. The maximum atomic E-state index is 4.44. The SMILES string of the molecule is CC(Nc1cn[nH]c1)c1cnc2ccsc2c1. The number of rotatable bonds is 3. The quantitative estimate of drug-likeness (QED) is 0.744. The summed E-state index contributed by atoms with van der Waals surface area (Å²) >= 11 is 1.72. The minimum Gasteiger partial charge on any atom is -0.376 e. The van der Waals surface area contributed by atoms with Gasteiger partial charge in [-0.1, -0.05) is 0 Å². The fourth-order valence-electron chi connectivity index (χ4n) is 1.76. The summed E-state index contributed by atoms with van der Waals surface area (Å²) in [7, 11) is 0. The van der Waals surface area contributed by atoms with Crippen LogP contribution in [0.15, 0.2) is 36.1 Å². The molecule has 17 heavy (non-hydrogen) atoms. The topological polar surface area (TPSA) is 53.6 Å². The molecule has 1 unspecified atom stereocenters. The van der Waals surface area contributed by atoms with Gasteiger partial charge in [-0.2, -0.15) is 5.10 Å². The van der Waals surface area contributed by atoms with Gasteiger partial charge in [-0.15, -0.1) is 11.3 Å². The molecule has 86 valence electrons. The van der Waals surface area contributed by atoms with Gasteiger partial charge in [0.2, 0.25) is 0 Å². The molecule has 0 aliphatic heterocycles. The monoisotopic (exact) mass is 244 g/mol. The zero-order valence-corrected chi connectivity index (χ0v) is 10.2. The highest BCUT2D eigenvalue weighted by atomic mass is 32.1. The number of hydrogen-bond acceptors (Lipinski definition) is 4. The van der Waals surface area contributed by atoms with Crippen molar-refractivity contribution in [2.45, 2.75) is 13.0 Å². The average Bonchev–Trinajstić information content (AvgIpc) is 2.97. The largest absolute Gasteiger partial charge is 0.376 e. The third-order valence-corrected chi connectivity index (χ3v) is 3.56. The second-order valence-corrected chi connectivity index (χ2v) is 4.87. The Bertz CT molecular complexity index is 614. The second kappa shape index (κ2) is 4.18. The lowest BCUT2D eigenvalue weighted by Crippen LogP contribution is -2.06. The summed E-state index contributed by atoms with van der Waals surface area (Å²) in [5.74, 6) is 0. The summed E-state index contributed by atoms with van der Waals surface area (Å²) in [6.07, 6.45) is 5.54. The van der Waals surface area contributed by atoms with Crippen LogP contribution in [0.2, 0.25) is 0 Å². The van der Waals surface area contributed by atoms with Crippen molar-refractivity contribution in [3.05, 3.63) is 41.7 Å². The maximum absolute atomic E-state index is 4.44. The van der Waals surface area contributed by atoms with Crippen molar-refractivity contribution in [2.24, 2.45) is 0 Å².